The molecule has 0 bridgehead atoms. The minimum atomic E-state index is -0.292. The fourth-order valence-corrected chi connectivity index (χ4v) is 1.96. The Balaban J connectivity index is 1.91. The normalized spacial score (nSPS) is 17.2. The second-order valence-electron chi connectivity index (χ2n) is 4.51. The van der Waals surface area contributed by atoms with Gasteiger partial charge in [0.25, 0.3) is 0 Å². The van der Waals surface area contributed by atoms with Crippen LogP contribution in [-0.4, -0.2) is 13.2 Å². The molecule has 1 aliphatic carbocycles. The van der Waals surface area contributed by atoms with Gasteiger partial charge in [-0.25, -0.2) is 4.39 Å². The SMILES string of the molecule is COc1ccc(CCC(N)C2CC2)cc1F. The van der Waals surface area contributed by atoms with E-state index in [0.717, 1.165) is 18.4 Å². The van der Waals surface area contributed by atoms with Crippen LogP contribution in [0.25, 0.3) is 0 Å². The molecule has 0 amide bonds. The lowest BCUT2D eigenvalue weighted by Crippen LogP contribution is -2.22. The maximum atomic E-state index is 13.4. The third kappa shape index (κ3) is 2.73. The van der Waals surface area contributed by atoms with Crippen LogP contribution in [0.3, 0.4) is 0 Å². The largest absolute Gasteiger partial charge is 0.494 e. The lowest BCUT2D eigenvalue weighted by atomic mass is 10.0. The van der Waals surface area contributed by atoms with Crippen LogP contribution >= 0.6 is 0 Å². The minimum absolute atomic E-state index is 0.283. The molecular weight excluding hydrogens is 205 g/mol. The second-order valence-corrected chi connectivity index (χ2v) is 4.51. The fraction of sp³-hybridized carbons (Fsp3) is 0.538. The summed E-state index contributed by atoms with van der Waals surface area (Å²) in [4.78, 5) is 0. The van der Waals surface area contributed by atoms with Crippen LogP contribution in [0.2, 0.25) is 0 Å². The second kappa shape index (κ2) is 4.83. The van der Waals surface area contributed by atoms with Crippen LogP contribution in [0, 0.1) is 11.7 Å². The van der Waals surface area contributed by atoms with Crippen molar-refractivity contribution in [2.75, 3.05) is 7.11 Å². The molecule has 1 aliphatic rings. The molecule has 1 unspecified atom stereocenters. The third-order valence-corrected chi connectivity index (χ3v) is 3.21. The predicted molar refractivity (Wildman–Crippen MR) is 62.0 cm³/mol. The van der Waals surface area contributed by atoms with E-state index in [1.165, 1.54) is 20.0 Å². The molecule has 1 fully saturated rings. The summed E-state index contributed by atoms with van der Waals surface area (Å²) in [5, 5.41) is 0. The third-order valence-electron chi connectivity index (χ3n) is 3.21. The van der Waals surface area contributed by atoms with E-state index in [9.17, 15) is 4.39 Å². The Morgan fingerprint density at radius 2 is 2.25 bits per heavy atom. The molecule has 2 rings (SSSR count). The van der Waals surface area contributed by atoms with Gasteiger partial charge in [0.15, 0.2) is 11.6 Å². The lowest BCUT2D eigenvalue weighted by molar-refractivity contribution is 0.386. The number of ether oxygens (including phenoxy) is 1. The molecule has 0 spiro atoms. The van der Waals surface area contributed by atoms with Gasteiger partial charge >= 0.3 is 0 Å². The molecular formula is C13H18FNO. The number of methoxy groups -OCH3 is 1. The van der Waals surface area contributed by atoms with Gasteiger partial charge in [0.2, 0.25) is 0 Å². The maximum Gasteiger partial charge on any atom is 0.165 e. The quantitative estimate of drug-likeness (QED) is 0.832. The standard InChI is InChI=1S/C13H18FNO/c1-16-13-7-3-9(8-11(13)14)2-6-12(15)10-4-5-10/h3,7-8,10,12H,2,4-6,15H2,1H3. The summed E-state index contributed by atoms with van der Waals surface area (Å²) in [7, 11) is 1.47. The summed E-state index contributed by atoms with van der Waals surface area (Å²) in [6.07, 6.45) is 4.31. The van der Waals surface area contributed by atoms with Gasteiger partial charge in [0, 0.05) is 6.04 Å². The smallest absolute Gasteiger partial charge is 0.165 e. The van der Waals surface area contributed by atoms with Crippen molar-refractivity contribution >= 4 is 0 Å². The molecule has 0 saturated heterocycles. The molecule has 3 heteroatoms. The molecule has 0 aliphatic heterocycles. The molecule has 1 saturated carbocycles. The minimum Gasteiger partial charge on any atom is -0.494 e. The Kier molecular flexibility index (Phi) is 3.44. The predicted octanol–water partition coefficient (Wildman–Crippen LogP) is 2.50. The van der Waals surface area contributed by atoms with Crippen molar-refractivity contribution in [2.24, 2.45) is 11.7 Å². The average molecular weight is 223 g/mol. The van der Waals surface area contributed by atoms with Crippen LogP contribution in [-0.2, 0) is 6.42 Å². The van der Waals surface area contributed by atoms with Crippen LogP contribution < -0.4 is 10.5 Å². The van der Waals surface area contributed by atoms with Crippen molar-refractivity contribution in [3.05, 3.63) is 29.6 Å². The van der Waals surface area contributed by atoms with Gasteiger partial charge in [-0.05, 0) is 49.3 Å². The highest BCUT2D eigenvalue weighted by Crippen LogP contribution is 2.33. The van der Waals surface area contributed by atoms with Crippen LogP contribution in [0.1, 0.15) is 24.8 Å². The van der Waals surface area contributed by atoms with Crippen LogP contribution in [0.5, 0.6) is 5.75 Å². The van der Waals surface area contributed by atoms with Gasteiger partial charge < -0.3 is 10.5 Å². The van der Waals surface area contributed by atoms with Crippen molar-refractivity contribution in [2.45, 2.75) is 31.7 Å². The number of nitrogens with two attached hydrogens (primary N) is 1. The van der Waals surface area contributed by atoms with Crippen molar-refractivity contribution < 1.29 is 9.13 Å². The zero-order chi connectivity index (χ0) is 11.5. The van der Waals surface area contributed by atoms with E-state index in [1.54, 1.807) is 12.1 Å². The van der Waals surface area contributed by atoms with E-state index in [-0.39, 0.29) is 11.9 Å². The molecule has 2 nitrogen and oxygen atoms in total. The van der Waals surface area contributed by atoms with E-state index in [0.29, 0.717) is 11.7 Å². The molecule has 88 valence electrons. The summed E-state index contributed by atoms with van der Waals surface area (Å²) < 4.78 is 18.3. The Morgan fingerprint density at radius 3 is 2.81 bits per heavy atom. The monoisotopic (exact) mass is 223 g/mol. The van der Waals surface area contributed by atoms with Gasteiger partial charge in [-0.2, -0.15) is 0 Å². The lowest BCUT2D eigenvalue weighted by Gasteiger charge is -2.10. The first-order valence-electron chi connectivity index (χ1n) is 5.78. The molecule has 0 radical (unpaired) electrons. The van der Waals surface area contributed by atoms with Gasteiger partial charge in [-0.15, -0.1) is 0 Å². The number of hydrogen-bond acceptors (Lipinski definition) is 2. The van der Waals surface area contributed by atoms with Gasteiger partial charge in [-0.1, -0.05) is 6.07 Å². The number of benzene rings is 1. The fourth-order valence-electron chi connectivity index (χ4n) is 1.96. The topological polar surface area (TPSA) is 35.2 Å². The number of rotatable bonds is 5. The summed E-state index contributed by atoms with van der Waals surface area (Å²) in [5.41, 5.74) is 7.00. The van der Waals surface area contributed by atoms with E-state index in [2.05, 4.69) is 0 Å². The van der Waals surface area contributed by atoms with Crippen molar-refractivity contribution in [3.8, 4) is 5.75 Å². The van der Waals surface area contributed by atoms with E-state index in [1.807, 2.05) is 6.07 Å². The molecule has 16 heavy (non-hydrogen) atoms. The zero-order valence-corrected chi connectivity index (χ0v) is 9.58. The molecule has 2 N–H and O–H groups in total. The van der Waals surface area contributed by atoms with Crippen LogP contribution in [0.15, 0.2) is 18.2 Å². The number of hydrogen-bond donors (Lipinski definition) is 1. The summed E-state index contributed by atoms with van der Waals surface area (Å²) in [6, 6.07) is 5.40. The van der Waals surface area contributed by atoms with E-state index in [4.69, 9.17) is 10.5 Å². The molecule has 1 atom stereocenters. The summed E-state index contributed by atoms with van der Waals surface area (Å²) >= 11 is 0. The molecule has 1 aromatic carbocycles. The first kappa shape index (κ1) is 11.4. The maximum absolute atomic E-state index is 13.4. The molecule has 1 aromatic rings. The van der Waals surface area contributed by atoms with Gasteiger partial charge in [0.05, 0.1) is 7.11 Å². The Bertz CT molecular complexity index is 363. The van der Waals surface area contributed by atoms with Crippen molar-refractivity contribution in [3.63, 3.8) is 0 Å². The Labute approximate surface area is 95.6 Å². The average Bonchev–Trinajstić information content (AvgIpc) is 3.10. The molecule has 0 aromatic heterocycles. The van der Waals surface area contributed by atoms with E-state index < -0.39 is 0 Å². The van der Waals surface area contributed by atoms with Crippen molar-refractivity contribution in [1.29, 1.82) is 0 Å². The van der Waals surface area contributed by atoms with Crippen LogP contribution in [0.4, 0.5) is 4.39 Å². The Hall–Kier alpha value is -1.09. The highest BCUT2D eigenvalue weighted by atomic mass is 19.1. The van der Waals surface area contributed by atoms with Crippen molar-refractivity contribution in [1.82, 2.24) is 0 Å². The molecule has 0 heterocycles. The highest BCUT2D eigenvalue weighted by molar-refractivity contribution is 5.29. The van der Waals surface area contributed by atoms with E-state index >= 15 is 0 Å². The van der Waals surface area contributed by atoms with Gasteiger partial charge in [-0.3, -0.25) is 0 Å². The van der Waals surface area contributed by atoms with Gasteiger partial charge in [0.1, 0.15) is 0 Å². The zero-order valence-electron chi connectivity index (χ0n) is 9.58. The first-order valence-corrected chi connectivity index (χ1v) is 5.78. The number of halogens is 1. The first-order chi connectivity index (χ1) is 7.70. The summed E-state index contributed by atoms with van der Waals surface area (Å²) in [6.45, 7) is 0. The summed E-state index contributed by atoms with van der Waals surface area (Å²) in [5.74, 6) is 0.721. The highest BCUT2D eigenvalue weighted by Gasteiger charge is 2.27. The number of aryl methyl sites for hydroxylation is 1. The Morgan fingerprint density at radius 1 is 1.50 bits per heavy atom.